The minimum Gasteiger partial charge on any atom is -0.497 e. The van der Waals surface area contributed by atoms with Crippen molar-refractivity contribution in [3.8, 4) is 5.75 Å². The number of nitrogen functional groups attached to an aromatic ring is 1. The van der Waals surface area contributed by atoms with Crippen LogP contribution in [0.4, 0.5) is 10.6 Å². The molecule has 7 rings (SSSR count). The molecule has 0 bridgehead atoms. The Labute approximate surface area is 236 Å². The molecule has 206 valence electrons. The normalized spacial score (nSPS) is 18.1. The Morgan fingerprint density at radius 3 is 2.66 bits per heavy atom. The number of aromatic amines is 1. The molecule has 1 fully saturated rings. The van der Waals surface area contributed by atoms with Gasteiger partial charge in [0.15, 0.2) is 5.82 Å². The van der Waals surface area contributed by atoms with E-state index in [1.807, 2.05) is 60.7 Å². The highest BCUT2D eigenvalue weighted by atomic mass is 16.6. The standard InChI is InChI=1S/C31H29N7O3/c1-40-22-10-7-19(8-11-22)16-38-27(17-37-26(18-41-31(37)39)20-5-3-2-4-6-20)35-28-29(38)23-12-9-21(24-13-14-33-36-24)15-25(23)34-30(28)32/h2-14,21,26H,15-18H2,1H3,(H2,32,34)(H,33,36). The molecule has 1 saturated heterocycles. The van der Waals surface area contributed by atoms with E-state index in [1.54, 1.807) is 18.2 Å². The summed E-state index contributed by atoms with van der Waals surface area (Å²) in [4.78, 5) is 24.5. The number of benzene rings is 2. The smallest absolute Gasteiger partial charge is 0.410 e. The number of nitrogens with two attached hydrogens (primary N) is 1. The number of hydrogen-bond donors (Lipinski definition) is 2. The summed E-state index contributed by atoms with van der Waals surface area (Å²) >= 11 is 0. The van der Waals surface area contributed by atoms with Crippen molar-refractivity contribution in [2.45, 2.75) is 31.5 Å². The van der Waals surface area contributed by atoms with Gasteiger partial charge in [-0.05, 0) is 29.3 Å². The quantitative estimate of drug-likeness (QED) is 0.299. The molecule has 2 atom stereocenters. The Balaban J connectivity index is 1.34. The summed E-state index contributed by atoms with van der Waals surface area (Å²) in [5.74, 6) is 1.99. The molecule has 1 aliphatic carbocycles. The third-order valence-electron chi connectivity index (χ3n) is 7.91. The number of rotatable bonds is 7. The zero-order chi connectivity index (χ0) is 27.9. The summed E-state index contributed by atoms with van der Waals surface area (Å²) in [6.45, 7) is 1.08. The van der Waals surface area contributed by atoms with Crippen LogP contribution in [0.1, 0.15) is 45.9 Å². The highest BCUT2D eigenvalue weighted by Gasteiger charge is 2.36. The number of ether oxygens (including phenoxy) is 2. The number of aromatic nitrogens is 5. The van der Waals surface area contributed by atoms with Gasteiger partial charge in [0.2, 0.25) is 0 Å². The van der Waals surface area contributed by atoms with Gasteiger partial charge in [0.05, 0.1) is 30.9 Å². The van der Waals surface area contributed by atoms with Crippen LogP contribution in [0.25, 0.3) is 17.1 Å². The van der Waals surface area contributed by atoms with E-state index < -0.39 is 0 Å². The highest BCUT2D eigenvalue weighted by molar-refractivity contribution is 5.94. The van der Waals surface area contributed by atoms with Crippen LogP contribution < -0.4 is 10.5 Å². The number of hydrogen-bond acceptors (Lipinski definition) is 7. The number of allylic oxidation sites excluding steroid dienone is 1. The Kier molecular flexibility index (Phi) is 6.15. The molecular weight excluding hydrogens is 518 g/mol. The molecule has 1 aliphatic heterocycles. The number of nitrogens with one attached hydrogen (secondary N) is 1. The summed E-state index contributed by atoms with van der Waals surface area (Å²) in [6, 6.07) is 19.6. The van der Waals surface area contributed by atoms with Gasteiger partial charge in [-0.25, -0.2) is 14.8 Å². The Bertz CT molecular complexity index is 1740. The van der Waals surface area contributed by atoms with Crippen LogP contribution in [0.2, 0.25) is 0 Å². The molecule has 0 spiro atoms. The van der Waals surface area contributed by atoms with E-state index in [9.17, 15) is 4.79 Å². The van der Waals surface area contributed by atoms with Crippen LogP contribution in [0, 0.1) is 0 Å². The third-order valence-corrected chi connectivity index (χ3v) is 7.91. The SMILES string of the molecule is COc1ccc(Cn2c(CN3C(=O)OCC3c3ccccc3)nc3c(N)nc4c(c32)C=CC(c2ccn[nH]2)C4)cc1. The number of imidazole rings is 1. The minimum absolute atomic E-state index is 0.123. The van der Waals surface area contributed by atoms with Gasteiger partial charge in [-0.3, -0.25) is 10.00 Å². The number of carbonyl (C=O) groups excluding carboxylic acids is 1. The fourth-order valence-electron chi connectivity index (χ4n) is 5.79. The Morgan fingerprint density at radius 2 is 1.90 bits per heavy atom. The van der Waals surface area contributed by atoms with E-state index >= 15 is 0 Å². The van der Waals surface area contributed by atoms with Crippen molar-refractivity contribution in [1.29, 1.82) is 0 Å². The van der Waals surface area contributed by atoms with Crippen molar-refractivity contribution in [2.24, 2.45) is 0 Å². The maximum absolute atomic E-state index is 13.0. The topological polar surface area (TPSA) is 124 Å². The molecule has 2 unspecified atom stereocenters. The van der Waals surface area contributed by atoms with E-state index in [4.69, 9.17) is 25.2 Å². The van der Waals surface area contributed by atoms with Crippen molar-refractivity contribution in [3.05, 3.63) is 107 Å². The first kappa shape index (κ1) is 24.9. The van der Waals surface area contributed by atoms with Gasteiger partial charge >= 0.3 is 6.09 Å². The van der Waals surface area contributed by atoms with E-state index in [2.05, 4.69) is 26.9 Å². The van der Waals surface area contributed by atoms with Crippen molar-refractivity contribution < 1.29 is 14.3 Å². The van der Waals surface area contributed by atoms with Gasteiger partial charge in [0.25, 0.3) is 0 Å². The van der Waals surface area contributed by atoms with Gasteiger partial charge in [0.1, 0.15) is 23.7 Å². The molecule has 0 saturated carbocycles. The second-order valence-corrected chi connectivity index (χ2v) is 10.3. The second kappa shape index (κ2) is 10.1. The zero-order valence-electron chi connectivity index (χ0n) is 22.5. The summed E-state index contributed by atoms with van der Waals surface area (Å²) in [5.41, 5.74) is 13.1. The number of amides is 1. The predicted octanol–water partition coefficient (Wildman–Crippen LogP) is 4.84. The van der Waals surface area contributed by atoms with E-state index in [0.29, 0.717) is 36.7 Å². The van der Waals surface area contributed by atoms with Crippen LogP contribution >= 0.6 is 0 Å². The molecule has 2 aliphatic rings. The lowest BCUT2D eigenvalue weighted by molar-refractivity contribution is 0.155. The Morgan fingerprint density at radius 1 is 1.07 bits per heavy atom. The maximum Gasteiger partial charge on any atom is 0.410 e. The monoisotopic (exact) mass is 547 g/mol. The fraction of sp³-hybridized carbons (Fsp3) is 0.226. The van der Waals surface area contributed by atoms with Crippen LogP contribution in [0.5, 0.6) is 5.75 Å². The molecule has 5 aromatic rings. The lowest BCUT2D eigenvalue weighted by Crippen LogP contribution is -2.28. The van der Waals surface area contributed by atoms with E-state index in [1.165, 1.54) is 0 Å². The number of carbonyl (C=O) groups is 1. The van der Waals surface area contributed by atoms with Gasteiger partial charge < -0.3 is 19.8 Å². The summed E-state index contributed by atoms with van der Waals surface area (Å²) in [7, 11) is 1.65. The molecular formula is C31H29N7O3. The lowest BCUT2D eigenvalue weighted by Gasteiger charge is -2.23. The van der Waals surface area contributed by atoms with Gasteiger partial charge in [-0.1, -0.05) is 54.6 Å². The molecule has 2 aromatic carbocycles. The first-order valence-corrected chi connectivity index (χ1v) is 13.5. The largest absolute Gasteiger partial charge is 0.497 e. The average Bonchev–Trinajstić information content (AvgIpc) is 3.75. The van der Waals surface area contributed by atoms with Crippen LogP contribution in [-0.4, -0.2) is 49.4 Å². The van der Waals surface area contributed by atoms with E-state index in [0.717, 1.165) is 39.3 Å². The van der Waals surface area contributed by atoms with Gasteiger partial charge in [-0.2, -0.15) is 5.10 Å². The highest BCUT2D eigenvalue weighted by Crippen LogP contribution is 2.36. The minimum atomic E-state index is -0.364. The number of anilines is 1. The fourth-order valence-corrected chi connectivity index (χ4v) is 5.79. The summed E-state index contributed by atoms with van der Waals surface area (Å²) in [6.07, 6.45) is 6.35. The molecule has 10 nitrogen and oxygen atoms in total. The number of cyclic esters (lactones) is 1. The molecule has 10 heteroatoms. The van der Waals surface area contributed by atoms with E-state index in [-0.39, 0.29) is 24.6 Å². The predicted molar refractivity (Wildman–Crippen MR) is 154 cm³/mol. The maximum atomic E-state index is 13.0. The molecule has 3 aromatic heterocycles. The molecule has 1 amide bonds. The molecule has 4 heterocycles. The zero-order valence-corrected chi connectivity index (χ0v) is 22.5. The first-order chi connectivity index (χ1) is 20.1. The van der Waals surface area contributed by atoms with Crippen molar-refractivity contribution in [2.75, 3.05) is 19.5 Å². The van der Waals surface area contributed by atoms with Crippen LogP contribution in [0.3, 0.4) is 0 Å². The van der Waals surface area contributed by atoms with Crippen LogP contribution in [-0.2, 0) is 24.2 Å². The lowest BCUT2D eigenvalue weighted by atomic mass is 9.90. The molecule has 0 radical (unpaired) electrons. The number of methoxy groups -OCH3 is 1. The summed E-state index contributed by atoms with van der Waals surface area (Å²) in [5, 5.41) is 7.18. The third kappa shape index (κ3) is 4.47. The number of pyridine rings is 1. The van der Waals surface area contributed by atoms with Gasteiger partial charge in [0, 0.05) is 36.3 Å². The van der Waals surface area contributed by atoms with Gasteiger partial charge in [-0.15, -0.1) is 0 Å². The molecule has 3 N–H and O–H groups in total. The van der Waals surface area contributed by atoms with Crippen molar-refractivity contribution in [3.63, 3.8) is 0 Å². The van der Waals surface area contributed by atoms with Crippen molar-refractivity contribution in [1.82, 2.24) is 29.6 Å². The Hall–Kier alpha value is -5.12. The number of fused-ring (bicyclic) bond motifs is 3. The average molecular weight is 548 g/mol. The number of nitrogens with zero attached hydrogens (tertiary/aromatic N) is 5. The second-order valence-electron chi connectivity index (χ2n) is 10.3. The van der Waals surface area contributed by atoms with Crippen LogP contribution in [0.15, 0.2) is 72.9 Å². The summed E-state index contributed by atoms with van der Waals surface area (Å²) < 4.78 is 13.0. The number of H-pyrrole nitrogens is 1. The van der Waals surface area contributed by atoms with Crippen molar-refractivity contribution >= 4 is 29.0 Å². The molecule has 41 heavy (non-hydrogen) atoms. The first-order valence-electron chi connectivity index (χ1n) is 13.5.